The van der Waals surface area contributed by atoms with Crippen molar-refractivity contribution < 1.29 is 21.6 Å². The smallest absolute Gasteiger partial charge is 0.391 e. The molecule has 1 saturated heterocycles. The molecular weight excluding hydrogens is 305 g/mol. The molecule has 4 nitrogen and oxygen atoms in total. The number of anilines is 1. The minimum absolute atomic E-state index is 0.0819. The molecule has 1 aromatic rings. The maximum Gasteiger partial charge on any atom is 0.391 e. The monoisotopic (exact) mass is 322 g/mol. The highest BCUT2D eigenvalue weighted by molar-refractivity contribution is 7.88. The van der Waals surface area contributed by atoms with E-state index in [1.807, 2.05) is 0 Å². The van der Waals surface area contributed by atoms with Crippen LogP contribution in [0, 0.1) is 5.92 Å². The summed E-state index contributed by atoms with van der Waals surface area (Å²) in [5.41, 5.74) is 6.62. The quantitative estimate of drug-likeness (QED) is 0.869. The van der Waals surface area contributed by atoms with Crippen molar-refractivity contribution in [1.29, 1.82) is 0 Å². The second-order valence-corrected chi connectivity index (χ2v) is 7.18. The van der Waals surface area contributed by atoms with Gasteiger partial charge in [0.2, 0.25) is 10.0 Å². The molecule has 0 radical (unpaired) electrons. The molecule has 0 spiro atoms. The Hall–Kier alpha value is -1.28. The molecule has 0 atom stereocenters. The van der Waals surface area contributed by atoms with E-state index in [0.717, 1.165) is 4.31 Å². The average Bonchev–Trinajstić information content (AvgIpc) is 2.40. The van der Waals surface area contributed by atoms with Gasteiger partial charge in [-0.2, -0.15) is 13.2 Å². The van der Waals surface area contributed by atoms with Crippen molar-refractivity contribution in [3.8, 4) is 0 Å². The first-order chi connectivity index (χ1) is 9.68. The number of hydrogen-bond donors (Lipinski definition) is 1. The third-order valence-electron chi connectivity index (χ3n) is 3.64. The molecule has 1 aliphatic heterocycles. The molecule has 0 bridgehead atoms. The van der Waals surface area contributed by atoms with E-state index in [2.05, 4.69) is 0 Å². The van der Waals surface area contributed by atoms with E-state index in [0.29, 0.717) is 11.3 Å². The number of piperidine rings is 1. The van der Waals surface area contributed by atoms with Crippen molar-refractivity contribution in [2.45, 2.75) is 24.8 Å². The van der Waals surface area contributed by atoms with E-state index in [1.165, 1.54) is 0 Å². The number of nitrogens with two attached hydrogens (primary N) is 1. The van der Waals surface area contributed by atoms with Crippen LogP contribution in [-0.2, 0) is 15.8 Å². The summed E-state index contributed by atoms with van der Waals surface area (Å²) in [6, 6.07) is 6.41. The number of nitrogens with zero attached hydrogens (tertiary/aromatic N) is 1. The topological polar surface area (TPSA) is 63.4 Å². The van der Waals surface area contributed by atoms with Crippen LogP contribution in [0.1, 0.15) is 18.4 Å². The van der Waals surface area contributed by atoms with Crippen LogP contribution < -0.4 is 5.73 Å². The molecule has 118 valence electrons. The van der Waals surface area contributed by atoms with Crippen molar-refractivity contribution in [2.24, 2.45) is 5.92 Å². The van der Waals surface area contributed by atoms with Crippen LogP contribution in [0.5, 0.6) is 0 Å². The van der Waals surface area contributed by atoms with Gasteiger partial charge in [0.1, 0.15) is 0 Å². The predicted octanol–water partition coefficient (Wildman–Crippen LogP) is 2.37. The van der Waals surface area contributed by atoms with Gasteiger partial charge in [0.25, 0.3) is 0 Å². The van der Waals surface area contributed by atoms with Crippen LogP contribution in [-0.4, -0.2) is 32.0 Å². The van der Waals surface area contributed by atoms with Crippen LogP contribution in [0.4, 0.5) is 18.9 Å². The van der Waals surface area contributed by atoms with Gasteiger partial charge in [-0.3, -0.25) is 0 Å². The predicted molar refractivity (Wildman–Crippen MR) is 73.8 cm³/mol. The first-order valence-electron chi connectivity index (χ1n) is 6.57. The highest BCUT2D eigenvalue weighted by atomic mass is 32.2. The zero-order chi connectivity index (χ0) is 15.7. The lowest BCUT2D eigenvalue weighted by Crippen LogP contribution is -2.42. The second-order valence-electron chi connectivity index (χ2n) is 5.21. The largest absolute Gasteiger partial charge is 0.399 e. The molecule has 1 aliphatic rings. The summed E-state index contributed by atoms with van der Waals surface area (Å²) in [6.07, 6.45) is -4.60. The summed E-state index contributed by atoms with van der Waals surface area (Å²) >= 11 is 0. The van der Waals surface area contributed by atoms with Gasteiger partial charge >= 0.3 is 6.18 Å². The summed E-state index contributed by atoms with van der Waals surface area (Å²) < 4.78 is 63.3. The Kier molecular flexibility index (Phi) is 4.48. The number of hydrogen-bond acceptors (Lipinski definition) is 3. The van der Waals surface area contributed by atoms with Crippen LogP contribution in [0.3, 0.4) is 0 Å². The maximum atomic E-state index is 12.6. The Morgan fingerprint density at radius 3 is 2.14 bits per heavy atom. The zero-order valence-electron chi connectivity index (χ0n) is 11.3. The van der Waals surface area contributed by atoms with E-state index < -0.39 is 22.1 Å². The first kappa shape index (κ1) is 16.1. The SMILES string of the molecule is Nc1ccc(CS(=O)(=O)N2CCC(C(F)(F)F)CC2)cc1. The van der Waals surface area contributed by atoms with Crippen molar-refractivity contribution in [2.75, 3.05) is 18.8 Å². The lowest BCUT2D eigenvalue weighted by atomic mass is 9.98. The van der Waals surface area contributed by atoms with E-state index >= 15 is 0 Å². The van der Waals surface area contributed by atoms with Gasteiger partial charge in [-0.05, 0) is 30.5 Å². The molecule has 21 heavy (non-hydrogen) atoms. The third-order valence-corrected chi connectivity index (χ3v) is 5.49. The van der Waals surface area contributed by atoms with Gasteiger partial charge in [0.05, 0.1) is 11.7 Å². The lowest BCUT2D eigenvalue weighted by Gasteiger charge is -2.32. The van der Waals surface area contributed by atoms with Crippen molar-refractivity contribution >= 4 is 15.7 Å². The van der Waals surface area contributed by atoms with Gasteiger partial charge in [0, 0.05) is 18.8 Å². The van der Waals surface area contributed by atoms with E-state index in [4.69, 9.17) is 5.73 Å². The Morgan fingerprint density at radius 2 is 1.67 bits per heavy atom. The van der Waals surface area contributed by atoms with Crippen molar-refractivity contribution in [3.05, 3.63) is 29.8 Å². The van der Waals surface area contributed by atoms with Gasteiger partial charge in [0.15, 0.2) is 0 Å². The molecular formula is C13H17F3N2O2S. The maximum absolute atomic E-state index is 12.6. The molecule has 0 unspecified atom stereocenters. The first-order valence-corrected chi connectivity index (χ1v) is 8.18. The standard InChI is InChI=1S/C13H17F3N2O2S/c14-13(15,16)11-5-7-18(8-6-11)21(19,20)9-10-1-3-12(17)4-2-10/h1-4,11H,5-9,17H2. The molecule has 8 heteroatoms. The molecule has 2 rings (SSSR count). The van der Waals surface area contributed by atoms with Crippen molar-refractivity contribution in [1.82, 2.24) is 4.31 Å². The van der Waals surface area contributed by atoms with E-state index in [9.17, 15) is 21.6 Å². The highest BCUT2D eigenvalue weighted by Crippen LogP contribution is 2.35. The normalized spacial score (nSPS) is 18.8. The Balaban J connectivity index is 2.00. The molecule has 0 aromatic heterocycles. The molecule has 0 saturated carbocycles. The Labute approximate surface area is 121 Å². The van der Waals surface area contributed by atoms with Gasteiger partial charge in [-0.25, -0.2) is 12.7 Å². The Bertz CT molecular complexity index is 576. The number of benzene rings is 1. The molecule has 1 heterocycles. The number of sulfonamides is 1. The van der Waals surface area contributed by atoms with Crippen molar-refractivity contribution in [3.63, 3.8) is 0 Å². The molecule has 1 fully saturated rings. The number of halogens is 3. The summed E-state index contributed by atoms with van der Waals surface area (Å²) in [5, 5.41) is 0. The van der Waals surface area contributed by atoms with Crippen LogP contribution in [0.2, 0.25) is 0 Å². The van der Waals surface area contributed by atoms with Crippen LogP contribution >= 0.6 is 0 Å². The van der Waals surface area contributed by atoms with Gasteiger partial charge in [-0.1, -0.05) is 12.1 Å². The Morgan fingerprint density at radius 1 is 1.14 bits per heavy atom. The zero-order valence-corrected chi connectivity index (χ0v) is 12.1. The molecule has 2 N–H and O–H groups in total. The molecule has 0 aliphatic carbocycles. The van der Waals surface area contributed by atoms with Gasteiger partial charge in [-0.15, -0.1) is 0 Å². The summed E-state index contributed by atoms with van der Waals surface area (Å²) in [4.78, 5) is 0. The van der Waals surface area contributed by atoms with Gasteiger partial charge < -0.3 is 5.73 Å². The highest BCUT2D eigenvalue weighted by Gasteiger charge is 2.42. The second kappa shape index (κ2) is 5.84. The fourth-order valence-corrected chi connectivity index (χ4v) is 3.94. The number of alkyl halides is 3. The minimum atomic E-state index is -4.24. The molecule has 0 amide bonds. The number of nitrogen functional groups attached to an aromatic ring is 1. The fraction of sp³-hybridized carbons (Fsp3) is 0.538. The molecule has 1 aromatic carbocycles. The average molecular weight is 322 g/mol. The van der Waals surface area contributed by atoms with E-state index in [1.54, 1.807) is 24.3 Å². The van der Waals surface area contributed by atoms with Crippen LogP contribution in [0.15, 0.2) is 24.3 Å². The fourth-order valence-electron chi connectivity index (χ4n) is 2.38. The number of rotatable bonds is 3. The van der Waals surface area contributed by atoms with E-state index in [-0.39, 0.29) is 31.7 Å². The summed E-state index contributed by atoms with van der Waals surface area (Å²) in [7, 11) is -3.59. The lowest BCUT2D eigenvalue weighted by molar-refractivity contribution is -0.182. The third kappa shape index (κ3) is 4.10. The van der Waals surface area contributed by atoms with Crippen LogP contribution in [0.25, 0.3) is 0 Å². The summed E-state index contributed by atoms with van der Waals surface area (Å²) in [5.74, 6) is -1.62. The summed E-state index contributed by atoms with van der Waals surface area (Å²) in [6.45, 7) is -0.164. The minimum Gasteiger partial charge on any atom is -0.399 e.